The van der Waals surface area contributed by atoms with Crippen molar-refractivity contribution in [1.29, 1.82) is 0 Å². The first-order valence-electron chi connectivity index (χ1n) is 11.4. The number of carbonyl (C=O) groups is 2. The number of rotatable bonds is 7. The van der Waals surface area contributed by atoms with Gasteiger partial charge in [0.15, 0.2) is 11.6 Å². The van der Waals surface area contributed by atoms with Crippen LogP contribution in [0.2, 0.25) is 5.02 Å². The average Bonchev–Trinajstić information content (AvgIpc) is 3.18. The maximum atomic E-state index is 13.1. The van der Waals surface area contributed by atoms with Crippen molar-refractivity contribution in [2.75, 3.05) is 12.0 Å². The second-order valence-corrected chi connectivity index (χ2v) is 12.0. The number of amides is 2. The maximum Gasteiger partial charge on any atom is 0.416 e. The Morgan fingerprint density at radius 3 is 2.42 bits per heavy atom. The van der Waals surface area contributed by atoms with E-state index < -0.39 is 39.3 Å². The number of aryl methyl sites for hydroxylation is 1. The lowest BCUT2D eigenvalue weighted by Gasteiger charge is -2.15. The van der Waals surface area contributed by atoms with E-state index in [4.69, 9.17) is 11.6 Å². The Morgan fingerprint density at radius 1 is 1.16 bits per heavy atom. The Balaban J connectivity index is 1.84. The van der Waals surface area contributed by atoms with Crippen molar-refractivity contribution < 1.29 is 27.0 Å². The van der Waals surface area contributed by atoms with E-state index in [1.54, 1.807) is 13.8 Å². The van der Waals surface area contributed by atoms with Crippen LogP contribution in [0.15, 0.2) is 40.9 Å². The van der Waals surface area contributed by atoms with Crippen molar-refractivity contribution >= 4 is 33.1 Å². The first-order chi connectivity index (χ1) is 17.6. The summed E-state index contributed by atoms with van der Waals surface area (Å²) in [6.45, 7) is 6.96. The van der Waals surface area contributed by atoms with Gasteiger partial charge >= 0.3 is 6.18 Å². The number of pyridine rings is 1. The van der Waals surface area contributed by atoms with Crippen LogP contribution >= 0.6 is 11.6 Å². The SMILES string of the molecule is Cc1nc([C@H](C)NC(=O)c2cc(Cl)cc(C(F)(F)F)c2)n(-c2ccc(C(=O)N=S(C)(=O)CC(C)C)cn2)n1. The Labute approximate surface area is 223 Å². The fraction of sp³-hybridized carbons (Fsp3) is 0.375. The molecule has 1 N–H and O–H groups in total. The summed E-state index contributed by atoms with van der Waals surface area (Å²) in [6, 6.07) is 4.72. The van der Waals surface area contributed by atoms with Gasteiger partial charge in [0.05, 0.1) is 26.9 Å². The molecule has 1 aromatic carbocycles. The summed E-state index contributed by atoms with van der Waals surface area (Å²) < 4.78 is 57.1. The summed E-state index contributed by atoms with van der Waals surface area (Å²) in [5, 5.41) is 6.64. The number of nitrogens with one attached hydrogen (secondary N) is 1. The van der Waals surface area contributed by atoms with Gasteiger partial charge < -0.3 is 5.32 Å². The number of benzene rings is 1. The number of hydrogen-bond acceptors (Lipinski definition) is 6. The third-order valence-corrected chi connectivity index (χ3v) is 7.15. The lowest BCUT2D eigenvalue weighted by atomic mass is 10.1. The Kier molecular flexibility index (Phi) is 8.62. The van der Waals surface area contributed by atoms with Crippen LogP contribution in [0.3, 0.4) is 0 Å². The molecule has 0 bridgehead atoms. The molecule has 9 nitrogen and oxygen atoms in total. The first-order valence-corrected chi connectivity index (χ1v) is 13.9. The van der Waals surface area contributed by atoms with Gasteiger partial charge in [-0.05, 0) is 50.1 Å². The van der Waals surface area contributed by atoms with Gasteiger partial charge in [-0.15, -0.1) is 5.10 Å². The molecule has 38 heavy (non-hydrogen) atoms. The summed E-state index contributed by atoms with van der Waals surface area (Å²) in [4.78, 5) is 33.8. The predicted octanol–water partition coefficient (Wildman–Crippen LogP) is 5.03. The number of halogens is 4. The lowest BCUT2D eigenvalue weighted by Crippen LogP contribution is -2.29. The molecule has 3 rings (SSSR count). The molecule has 0 spiro atoms. The van der Waals surface area contributed by atoms with Crippen molar-refractivity contribution in [1.82, 2.24) is 25.1 Å². The summed E-state index contributed by atoms with van der Waals surface area (Å²) in [5.74, 6) is -0.211. The highest BCUT2D eigenvalue weighted by Gasteiger charge is 2.32. The van der Waals surface area contributed by atoms with E-state index in [1.165, 1.54) is 29.3 Å². The molecule has 2 amide bonds. The van der Waals surface area contributed by atoms with Crippen LogP contribution in [-0.4, -0.2) is 47.8 Å². The second kappa shape index (κ2) is 11.2. The number of aromatic nitrogens is 4. The van der Waals surface area contributed by atoms with Gasteiger partial charge in [-0.1, -0.05) is 25.4 Å². The van der Waals surface area contributed by atoms with Gasteiger partial charge in [-0.3, -0.25) is 9.59 Å². The molecular formula is C24H26ClF3N6O3S. The third kappa shape index (κ3) is 7.38. The molecule has 204 valence electrons. The first kappa shape index (κ1) is 29.2. The third-order valence-electron chi connectivity index (χ3n) is 5.09. The fourth-order valence-electron chi connectivity index (χ4n) is 3.63. The molecule has 0 aliphatic rings. The Bertz CT molecular complexity index is 1480. The van der Waals surface area contributed by atoms with Gasteiger partial charge in [0.25, 0.3) is 11.8 Å². The minimum Gasteiger partial charge on any atom is -0.342 e. The van der Waals surface area contributed by atoms with Crippen molar-refractivity contribution in [3.63, 3.8) is 0 Å². The van der Waals surface area contributed by atoms with Crippen LogP contribution in [0.25, 0.3) is 5.82 Å². The topological polar surface area (TPSA) is 119 Å². The smallest absolute Gasteiger partial charge is 0.342 e. The van der Waals surface area contributed by atoms with Gasteiger partial charge in [-0.2, -0.15) is 22.2 Å². The van der Waals surface area contributed by atoms with E-state index in [2.05, 4.69) is 24.7 Å². The largest absolute Gasteiger partial charge is 0.416 e. The van der Waals surface area contributed by atoms with Gasteiger partial charge in [0.1, 0.15) is 5.82 Å². The molecule has 0 fully saturated rings. The standard InChI is InChI=1S/C24H26ClF3N6O3S/c1-13(2)12-38(5,37)33-23(36)16-6-7-20(29-11-16)34-21(31-15(4)32-34)14(3)30-22(35)17-8-18(24(26,27)28)10-19(25)9-17/h6-11,13-14H,12H2,1-5H3,(H,30,35)/t14-,38?/m0/s1. The molecule has 0 radical (unpaired) electrons. The van der Waals surface area contributed by atoms with Crippen molar-refractivity contribution in [2.45, 2.75) is 39.9 Å². The minimum atomic E-state index is -4.67. The normalized spacial score (nSPS) is 14.2. The van der Waals surface area contributed by atoms with Crippen molar-refractivity contribution in [2.24, 2.45) is 10.3 Å². The van der Waals surface area contributed by atoms with Crippen LogP contribution in [-0.2, 0) is 15.9 Å². The monoisotopic (exact) mass is 570 g/mol. The molecule has 1 unspecified atom stereocenters. The summed E-state index contributed by atoms with van der Waals surface area (Å²) >= 11 is 5.79. The molecule has 2 heterocycles. The van der Waals surface area contributed by atoms with Crippen LogP contribution in [0.5, 0.6) is 0 Å². The van der Waals surface area contributed by atoms with Crippen LogP contribution in [0, 0.1) is 12.8 Å². The van der Waals surface area contributed by atoms with E-state index in [0.717, 1.165) is 12.1 Å². The molecule has 0 saturated carbocycles. The zero-order chi connectivity index (χ0) is 28.4. The molecule has 0 saturated heterocycles. The molecule has 0 aliphatic carbocycles. The minimum absolute atomic E-state index is 0.103. The van der Waals surface area contributed by atoms with Gasteiger partial charge in [0, 0.05) is 28.8 Å². The Morgan fingerprint density at radius 2 is 1.84 bits per heavy atom. The quantitative estimate of drug-likeness (QED) is 0.425. The highest BCUT2D eigenvalue weighted by molar-refractivity contribution is 7.93. The number of hydrogen-bond donors (Lipinski definition) is 1. The van der Waals surface area contributed by atoms with E-state index in [0.29, 0.717) is 11.9 Å². The van der Waals surface area contributed by atoms with Crippen LogP contribution in [0.1, 0.15) is 64.7 Å². The van der Waals surface area contributed by atoms with E-state index >= 15 is 0 Å². The maximum absolute atomic E-state index is 13.1. The van der Waals surface area contributed by atoms with E-state index in [9.17, 15) is 27.0 Å². The zero-order valence-electron chi connectivity index (χ0n) is 21.2. The fourth-order valence-corrected chi connectivity index (χ4v) is 5.63. The van der Waals surface area contributed by atoms with E-state index in [1.807, 2.05) is 13.8 Å². The second-order valence-electron chi connectivity index (χ2n) is 9.17. The summed E-state index contributed by atoms with van der Waals surface area (Å²) in [7, 11) is -2.69. The highest BCUT2D eigenvalue weighted by Crippen LogP contribution is 2.32. The highest BCUT2D eigenvalue weighted by atomic mass is 35.5. The van der Waals surface area contributed by atoms with Gasteiger partial charge in [0.2, 0.25) is 0 Å². The number of alkyl halides is 3. The molecule has 2 aromatic heterocycles. The van der Waals surface area contributed by atoms with Crippen molar-refractivity contribution in [3.8, 4) is 5.82 Å². The molecular weight excluding hydrogens is 545 g/mol. The van der Waals surface area contributed by atoms with Crippen LogP contribution in [0.4, 0.5) is 13.2 Å². The van der Waals surface area contributed by atoms with Crippen LogP contribution < -0.4 is 5.32 Å². The lowest BCUT2D eigenvalue weighted by molar-refractivity contribution is -0.137. The average molecular weight is 571 g/mol. The molecule has 14 heteroatoms. The molecule has 2 atom stereocenters. The van der Waals surface area contributed by atoms with Crippen molar-refractivity contribution in [3.05, 3.63) is 69.9 Å². The predicted molar refractivity (Wildman–Crippen MR) is 137 cm³/mol. The molecule has 0 aliphatic heterocycles. The summed E-state index contributed by atoms with van der Waals surface area (Å²) in [5.41, 5.74) is -1.18. The molecule has 3 aromatic rings. The van der Waals surface area contributed by atoms with E-state index in [-0.39, 0.29) is 39.5 Å². The number of carbonyl (C=O) groups excluding carboxylic acids is 2. The summed E-state index contributed by atoms with van der Waals surface area (Å²) in [6.07, 6.45) is -1.97. The van der Waals surface area contributed by atoms with Gasteiger partial charge in [-0.25, -0.2) is 14.2 Å². The number of nitrogens with zero attached hydrogens (tertiary/aromatic N) is 5. The zero-order valence-corrected chi connectivity index (χ0v) is 22.8. The Hall–Kier alpha value is -3.32.